The number of rotatable bonds is 5. The van der Waals surface area contributed by atoms with Gasteiger partial charge in [-0.05, 0) is 71.5 Å². The normalized spacial score (nSPS) is 13.5. The second-order valence-corrected chi connectivity index (χ2v) is 10.1. The number of nitrogens with zero attached hydrogens (tertiary/aromatic N) is 4. The summed E-state index contributed by atoms with van der Waals surface area (Å²) in [6, 6.07) is 13.9. The Hall–Kier alpha value is -5.38. The molecule has 1 N–H and O–H groups in total. The van der Waals surface area contributed by atoms with Gasteiger partial charge in [0.25, 0.3) is 11.8 Å². The van der Waals surface area contributed by atoms with E-state index in [4.69, 9.17) is 4.74 Å². The predicted molar refractivity (Wildman–Crippen MR) is 157 cm³/mol. The molecule has 4 heterocycles. The van der Waals surface area contributed by atoms with Crippen molar-refractivity contribution in [1.29, 1.82) is 0 Å². The molecule has 2 amide bonds. The number of phenols is 1. The summed E-state index contributed by atoms with van der Waals surface area (Å²) in [5.41, 5.74) is 5.76. The van der Waals surface area contributed by atoms with Crippen molar-refractivity contribution in [2.75, 3.05) is 20.2 Å². The van der Waals surface area contributed by atoms with E-state index in [1.807, 2.05) is 6.07 Å². The van der Waals surface area contributed by atoms with E-state index < -0.39 is 0 Å². The van der Waals surface area contributed by atoms with Crippen molar-refractivity contribution in [3.63, 3.8) is 0 Å². The van der Waals surface area contributed by atoms with Crippen LogP contribution in [0.3, 0.4) is 0 Å². The van der Waals surface area contributed by atoms with Gasteiger partial charge >= 0.3 is 0 Å². The molecular formula is C33H30N4O6. The van der Waals surface area contributed by atoms with Gasteiger partial charge < -0.3 is 19.6 Å². The Kier molecular flexibility index (Phi) is 8.85. The summed E-state index contributed by atoms with van der Waals surface area (Å²) in [7, 11) is 1.55. The van der Waals surface area contributed by atoms with Gasteiger partial charge in [0, 0.05) is 51.0 Å². The second kappa shape index (κ2) is 13.1. The number of aromatic nitrogens is 2. The molecule has 6 rings (SSSR count). The van der Waals surface area contributed by atoms with Gasteiger partial charge in [0.15, 0.2) is 12.6 Å². The Balaban J connectivity index is 0.000000171. The summed E-state index contributed by atoms with van der Waals surface area (Å²) in [6.07, 6.45) is 9.10. The van der Waals surface area contributed by atoms with Gasteiger partial charge in [0.05, 0.1) is 29.4 Å². The number of hydrogen-bond acceptors (Lipinski definition) is 8. The number of pyridine rings is 2. The molecule has 2 aliphatic rings. The molecule has 218 valence electrons. The van der Waals surface area contributed by atoms with Crippen LogP contribution in [0.5, 0.6) is 11.5 Å². The van der Waals surface area contributed by atoms with Crippen molar-refractivity contribution in [1.82, 2.24) is 19.8 Å². The molecule has 0 atom stereocenters. The Labute approximate surface area is 248 Å². The zero-order valence-electron chi connectivity index (χ0n) is 23.6. The number of carbonyl (C=O) groups excluding carboxylic acids is 4. The maximum atomic E-state index is 12.5. The topological polar surface area (TPSA) is 130 Å². The average molecular weight is 579 g/mol. The maximum absolute atomic E-state index is 12.5. The fourth-order valence-electron chi connectivity index (χ4n) is 5.46. The van der Waals surface area contributed by atoms with Crippen molar-refractivity contribution in [2.24, 2.45) is 0 Å². The van der Waals surface area contributed by atoms with Gasteiger partial charge in [-0.25, -0.2) is 0 Å². The highest BCUT2D eigenvalue weighted by Crippen LogP contribution is 2.30. The van der Waals surface area contributed by atoms with Gasteiger partial charge in [0.2, 0.25) is 0 Å². The lowest BCUT2D eigenvalue weighted by Gasteiger charge is -2.30. The Morgan fingerprint density at radius 3 is 1.74 bits per heavy atom. The van der Waals surface area contributed by atoms with E-state index in [0.29, 0.717) is 73.3 Å². The highest BCUT2D eigenvalue weighted by molar-refractivity contribution is 5.95. The molecule has 10 heteroatoms. The minimum atomic E-state index is -0.0746. The third-order valence-electron chi connectivity index (χ3n) is 7.68. The summed E-state index contributed by atoms with van der Waals surface area (Å²) in [4.78, 5) is 58.7. The van der Waals surface area contributed by atoms with Crippen LogP contribution in [0.2, 0.25) is 0 Å². The second-order valence-electron chi connectivity index (χ2n) is 10.1. The Morgan fingerprint density at radius 1 is 0.767 bits per heavy atom. The third kappa shape index (κ3) is 6.13. The van der Waals surface area contributed by atoms with Gasteiger partial charge in [-0.3, -0.25) is 29.1 Å². The van der Waals surface area contributed by atoms with E-state index in [9.17, 15) is 24.3 Å². The Bertz CT molecular complexity index is 1660. The first-order valence-corrected chi connectivity index (χ1v) is 13.8. The lowest BCUT2D eigenvalue weighted by molar-refractivity contribution is 0.0726. The van der Waals surface area contributed by atoms with Crippen molar-refractivity contribution in [2.45, 2.75) is 25.9 Å². The summed E-state index contributed by atoms with van der Waals surface area (Å²) < 4.78 is 5.23. The molecule has 0 fully saturated rings. The summed E-state index contributed by atoms with van der Waals surface area (Å²) in [6.45, 7) is 2.03. The molecule has 0 saturated heterocycles. The van der Waals surface area contributed by atoms with Crippen LogP contribution in [0.25, 0.3) is 0 Å². The number of amides is 2. The van der Waals surface area contributed by atoms with Crippen LogP contribution in [0, 0.1) is 0 Å². The predicted octanol–water partition coefficient (Wildman–Crippen LogP) is 3.90. The largest absolute Gasteiger partial charge is 0.507 e. The van der Waals surface area contributed by atoms with E-state index >= 15 is 0 Å². The molecule has 2 aromatic heterocycles. The summed E-state index contributed by atoms with van der Waals surface area (Å²) >= 11 is 0. The number of methoxy groups -OCH3 is 1. The number of carbonyl (C=O) groups is 4. The zero-order valence-corrected chi connectivity index (χ0v) is 23.6. The highest BCUT2D eigenvalue weighted by Gasteiger charge is 2.26. The van der Waals surface area contributed by atoms with Crippen molar-refractivity contribution < 1.29 is 29.0 Å². The standard InChI is InChI=1S/C17H16N2O3.C16H14N2O3/c1-22-16-5-4-13-10-19(8-6-14(13)15(16)11-20)17(21)12-3-2-7-18-9-12;19-10-14-13-5-7-18(9-12(13)3-4-15(14)20)16(21)11-2-1-6-17-8-11/h2-5,7,9,11H,6,8,10H2,1H3;1-4,6,8,10,20H,5,7,9H2. The number of fused-ring (bicyclic) bond motifs is 2. The molecule has 0 unspecified atom stereocenters. The molecular weight excluding hydrogens is 548 g/mol. The first-order valence-electron chi connectivity index (χ1n) is 13.8. The zero-order chi connectivity index (χ0) is 30.3. The third-order valence-corrected chi connectivity index (χ3v) is 7.68. The van der Waals surface area contributed by atoms with E-state index in [0.717, 1.165) is 28.5 Å². The molecule has 0 bridgehead atoms. The molecule has 0 aliphatic carbocycles. The van der Waals surface area contributed by atoms with Crippen LogP contribution in [0.1, 0.15) is 63.7 Å². The van der Waals surface area contributed by atoms with Crippen LogP contribution in [-0.4, -0.2) is 69.5 Å². The molecule has 4 aromatic rings. The number of benzene rings is 2. The number of ether oxygens (including phenoxy) is 1. The number of aldehydes is 2. The quantitative estimate of drug-likeness (QED) is 0.353. The molecule has 10 nitrogen and oxygen atoms in total. The first-order chi connectivity index (χ1) is 20.9. The van der Waals surface area contributed by atoms with E-state index in [2.05, 4.69) is 9.97 Å². The van der Waals surface area contributed by atoms with Crippen LogP contribution in [0.4, 0.5) is 0 Å². The number of hydrogen-bond donors (Lipinski definition) is 1. The smallest absolute Gasteiger partial charge is 0.255 e. The molecule has 0 radical (unpaired) electrons. The van der Waals surface area contributed by atoms with Crippen molar-refractivity contribution in [3.05, 3.63) is 118 Å². The van der Waals surface area contributed by atoms with Crippen LogP contribution >= 0.6 is 0 Å². The first kappa shape index (κ1) is 29.1. The minimum Gasteiger partial charge on any atom is -0.507 e. The van der Waals surface area contributed by atoms with E-state index in [1.165, 1.54) is 6.07 Å². The lowest BCUT2D eigenvalue weighted by Crippen LogP contribution is -2.36. The monoisotopic (exact) mass is 578 g/mol. The number of aromatic hydroxyl groups is 1. The van der Waals surface area contributed by atoms with E-state index in [1.54, 1.807) is 78.1 Å². The SMILES string of the molecule is COc1ccc2c(c1C=O)CCN(C(=O)c1cccnc1)C2.O=Cc1c(O)ccc2c1CCN(C(=O)c1cccnc1)C2. The van der Waals surface area contributed by atoms with Crippen molar-refractivity contribution in [3.8, 4) is 11.5 Å². The van der Waals surface area contributed by atoms with Crippen LogP contribution in [-0.2, 0) is 25.9 Å². The van der Waals surface area contributed by atoms with Crippen LogP contribution < -0.4 is 4.74 Å². The van der Waals surface area contributed by atoms with Gasteiger partial charge in [-0.2, -0.15) is 0 Å². The highest BCUT2D eigenvalue weighted by atomic mass is 16.5. The van der Waals surface area contributed by atoms with E-state index in [-0.39, 0.29) is 17.6 Å². The molecule has 0 saturated carbocycles. The molecule has 2 aliphatic heterocycles. The fraction of sp³-hybridized carbons (Fsp3) is 0.212. The van der Waals surface area contributed by atoms with Gasteiger partial charge in [-0.15, -0.1) is 0 Å². The minimum absolute atomic E-state index is 0.00390. The summed E-state index contributed by atoms with van der Waals surface area (Å²) in [5, 5.41) is 9.70. The maximum Gasteiger partial charge on any atom is 0.255 e. The van der Waals surface area contributed by atoms with Gasteiger partial charge in [0.1, 0.15) is 11.5 Å². The van der Waals surface area contributed by atoms with Gasteiger partial charge in [-0.1, -0.05) is 12.1 Å². The molecule has 43 heavy (non-hydrogen) atoms. The van der Waals surface area contributed by atoms with Crippen LogP contribution in [0.15, 0.2) is 73.3 Å². The average Bonchev–Trinajstić information content (AvgIpc) is 3.07. The summed E-state index contributed by atoms with van der Waals surface area (Å²) in [5.74, 6) is 0.466. The Morgan fingerprint density at radius 2 is 1.28 bits per heavy atom. The number of phenolic OH excluding ortho intramolecular Hbond substituents is 1. The van der Waals surface area contributed by atoms with Crippen molar-refractivity contribution >= 4 is 24.4 Å². The lowest BCUT2D eigenvalue weighted by atomic mass is 9.94. The molecule has 0 spiro atoms. The fourth-order valence-corrected chi connectivity index (χ4v) is 5.46. The molecule has 2 aromatic carbocycles.